The number of morpholine rings is 1. The van der Waals surface area contributed by atoms with Crippen molar-refractivity contribution in [3.63, 3.8) is 0 Å². The molecule has 1 aromatic carbocycles. The Morgan fingerprint density at radius 3 is 2.50 bits per heavy atom. The van der Waals surface area contributed by atoms with E-state index in [1.807, 2.05) is 12.1 Å². The molecule has 0 aliphatic carbocycles. The lowest BCUT2D eigenvalue weighted by Crippen LogP contribution is -2.45. The highest BCUT2D eigenvalue weighted by molar-refractivity contribution is 14.0. The first-order chi connectivity index (χ1) is 13.9. The molecule has 0 amide bonds. The van der Waals surface area contributed by atoms with Crippen LogP contribution in [0.5, 0.6) is 0 Å². The van der Waals surface area contributed by atoms with Crippen molar-refractivity contribution in [2.75, 3.05) is 53.0 Å². The van der Waals surface area contributed by atoms with Crippen molar-refractivity contribution in [1.29, 1.82) is 0 Å². The minimum Gasteiger partial charge on any atom is -0.379 e. The topological polar surface area (TPSA) is 52.1 Å². The molecule has 3 rings (SSSR count). The van der Waals surface area contributed by atoms with E-state index in [-0.39, 0.29) is 30.0 Å². The summed E-state index contributed by atoms with van der Waals surface area (Å²) in [6.07, 6.45) is -3.48. The van der Waals surface area contributed by atoms with Crippen molar-refractivity contribution in [2.24, 2.45) is 4.99 Å². The van der Waals surface area contributed by atoms with Gasteiger partial charge >= 0.3 is 6.18 Å². The Morgan fingerprint density at radius 1 is 1.13 bits per heavy atom. The van der Waals surface area contributed by atoms with E-state index in [1.165, 1.54) is 16.0 Å². The summed E-state index contributed by atoms with van der Waals surface area (Å²) in [5, 5.41) is 6.56. The van der Waals surface area contributed by atoms with E-state index in [1.54, 1.807) is 7.05 Å². The molecule has 1 aromatic rings. The van der Waals surface area contributed by atoms with E-state index in [0.717, 1.165) is 32.8 Å². The second kappa shape index (κ2) is 12.1. The molecule has 0 radical (unpaired) electrons. The number of hydrogen-bond donors (Lipinski definition) is 2. The van der Waals surface area contributed by atoms with E-state index >= 15 is 0 Å². The number of hydrogen-bond acceptors (Lipinski definition) is 4. The number of nitrogens with one attached hydrogen (secondary N) is 2. The third kappa shape index (κ3) is 8.20. The zero-order valence-corrected chi connectivity index (χ0v) is 19.6. The summed E-state index contributed by atoms with van der Waals surface area (Å²) >= 11 is 0. The van der Waals surface area contributed by atoms with E-state index in [9.17, 15) is 13.2 Å². The van der Waals surface area contributed by atoms with Gasteiger partial charge in [0.1, 0.15) is 0 Å². The predicted molar refractivity (Wildman–Crippen MR) is 122 cm³/mol. The van der Waals surface area contributed by atoms with Gasteiger partial charge in [0.05, 0.1) is 19.8 Å². The summed E-state index contributed by atoms with van der Waals surface area (Å²) in [5.74, 6) is 0.616. The molecule has 10 heteroatoms. The normalized spacial score (nSPS) is 21.3. The van der Waals surface area contributed by atoms with Crippen molar-refractivity contribution >= 4 is 29.9 Å². The summed E-state index contributed by atoms with van der Waals surface area (Å²) < 4.78 is 43.1. The molecular weight excluding hydrogens is 510 g/mol. The van der Waals surface area contributed by atoms with Crippen LogP contribution in [0.3, 0.4) is 0 Å². The third-order valence-corrected chi connectivity index (χ3v) is 5.30. The molecule has 2 N–H and O–H groups in total. The van der Waals surface area contributed by atoms with E-state index in [0.29, 0.717) is 32.0 Å². The molecule has 1 unspecified atom stereocenters. The Balaban J connectivity index is 0.00000320. The van der Waals surface area contributed by atoms with Gasteiger partial charge in [-0.1, -0.05) is 24.3 Å². The molecule has 2 heterocycles. The number of halogens is 4. The molecular formula is C20H31F3IN5O. The van der Waals surface area contributed by atoms with E-state index < -0.39 is 12.7 Å². The fraction of sp³-hybridized carbons (Fsp3) is 0.650. The van der Waals surface area contributed by atoms with Crippen molar-refractivity contribution in [3.05, 3.63) is 35.4 Å². The molecule has 2 aliphatic heterocycles. The fourth-order valence-corrected chi connectivity index (χ4v) is 3.80. The molecule has 2 saturated heterocycles. The SMILES string of the molecule is CN=C(NCc1ccccc1CN1CCOCC1)NC1CCN(CC(F)(F)F)C1.I. The monoisotopic (exact) mass is 541 g/mol. The second-order valence-corrected chi connectivity index (χ2v) is 7.56. The molecule has 2 fully saturated rings. The van der Waals surface area contributed by atoms with Crippen LogP contribution >= 0.6 is 24.0 Å². The molecule has 0 spiro atoms. The molecule has 1 atom stereocenters. The smallest absolute Gasteiger partial charge is 0.379 e. The Hall–Kier alpha value is -1.11. The van der Waals surface area contributed by atoms with Crippen molar-refractivity contribution in [2.45, 2.75) is 31.7 Å². The first kappa shape index (κ1) is 25.2. The summed E-state index contributed by atoms with van der Waals surface area (Å²) in [6, 6.07) is 8.25. The number of benzene rings is 1. The van der Waals surface area contributed by atoms with Gasteiger partial charge in [-0.3, -0.25) is 14.8 Å². The number of rotatable bonds is 6. The van der Waals surface area contributed by atoms with Crippen LogP contribution in [0, 0.1) is 0 Å². The van der Waals surface area contributed by atoms with Crippen LogP contribution in [0.1, 0.15) is 17.5 Å². The number of ether oxygens (including phenoxy) is 1. The maximum Gasteiger partial charge on any atom is 0.401 e. The highest BCUT2D eigenvalue weighted by Gasteiger charge is 2.34. The lowest BCUT2D eigenvalue weighted by molar-refractivity contribution is -0.143. The van der Waals surface area contributed by atoms with Crippen LogP contribution in [-0.4, -0.2) is 81.0 Å². The van der Waals surface area contributed by atoms with Crippen LogP contribution in [-0.2, 0) is 17.8 Å². The van der Waals surface area contributed by atoms with Gasteiger partial charge < -0.3 is 15.4 Å². The molecule has 0 saturated carbocycles. The zero-order valence-electron chi connectivity index (χ0n) is 17.2. The largest absolute Gasteiger partial charge is 0.401 e. The van der Waals surface area contributed by atoms with Gasteiger partial charge in [-0.15, -0.1) is 24.0 Å². The first-order valence-corrected chi connectivity index (χ1v) is 10.1. The number of aliphatic imine (C=N–C) groups is 1. The molecule has 0 aromatic heterocycles. The standard InChI is InChI=1S/C20H30F3N5O.HI/c1-24-19(26-18-6-7-28(14-18)15-20(21,22)23)25-12-16-4-2-3-5-17(16)13-27-8-10-29-11-9-27;/h2-5,18H,6-15H2,1H3,(H2,24,25,26);1H. The Morgan fingerprint density at radius 2 is 1.83 bits per heavy atom. The van der Waals surface area contributed by atoms with Crippen molar-refractivity contribution < 1.29 is 17.9 Å². The average molecular weight is 541 g/mol. The number of nitrogens with zero attached hydrogens (tertiary/aromatic N) is 3. The summed E-state index contributed by atoms with van der Waals surface area (Å²) in [6.45, 7) is 4.84. The van der Waals surface area contributed by atoms with Gasteiger partial charge in [0.25, 0.3) is 0 Å². The average Bonchev–Trinajstić information content (AvgIpc) is 3.12. The van der Waals surface area contributed by atoms with Gasteiger partial charge in [-0.25, -0.2) is 0 Å². The fourth-order valence-electron chi connectivity index (χ4n) is 3.80. The van der Waals surface area contributed by atoms with Crippen LogP contribution in [0.2, 0.25) is 0 Å². The molecule has 2 aliphatic rings. The predicted octanol–water partition coefficient (Wildman–Crippen LogP) is 2.44. The van der Waals surface area contributed by atoms with Gasteiger partial charge in [0.15, 0.2) is 5.96 Å². The highest BCUT2D eigenvalue weighted by Crippen LogP contribution is 2.20. The van der Waals surface area contributed by atoms with Gasteiger partial charge in [0, 0.05) is 52.4 Å². The molecule has 0 bridgehead atoms. The minimum atomic E-state index is -4.15. The second-order valence-electron chi connectivity index (χ2n) is 7.56. The van der Waals surface area contributed by atoms with Crippen molar-refractivity contribution in [1.82, 2.24) is 20.4 Å². The number of likely N-dealkylation sites (tertiary alicyclic amines) is 1. The van der Waals surface area contributed by atoms with Gasteiger partial charge in [-0.05, 0) is 17.5 Å². The third-order valence-electron chi connectivity index (χ3n) is 5.30. The maximum atomic E-state index is 12.6. The van der Waals surface area contributed by atoms with Crippen LogP contribution in [0.15, 0.2) is 29.3 Å². The van der Waals surface area contributed by atoms with E-state index in [2.05, 4.69) is 32.7 Å². The van der Waals surface area contributed by atoms with Gasteiger partial charge in [0.2, 0.25) is 0 Å². The lowest BCUT2D eigenvalue weighted by atomic mass is 10.1. The first-order valence-electron chi connectivity index (χ1n) is 10.1. The quantitative estimate of drug-likeness (QED) is 0.330. The summed E-state index contributed by atoms with van der Waals surface area (Å²) in [7, 11) is 1.68. The molecule has 30 heavy (non-hydrogen) atoms. The summed E-state index contributed by atoms with van der Waals surface area (Å²) in [4.78, 5) is 8.05. The van der Waals surface area contributed by atoms with Crippen LogP contribution < -0.4 is 10.6 Å². The Bertz CT molecular complexity index is 683. The highest BCUT2D eigenvalue weighted by atomic mass is 127. The molecule has 6 nitrogen and oxygen atoms in total. The van der Waals surface area contributed by atoms with Gasteiger partial charge in [-0.2, -0.15) is 13.2 Å². The maximum absolute atomic E-state index is 12.6. The van der Waals surface area contributed by atoms with Crippen LogP contribution in [0.25, 0.3) is 0 Å². The summed E-state index contributed by atoms with van der Waals surface area (Å²) in [5.41, 5.74) is 2.45. The van der Waals surface area contributed by atoms with E-state index in [4.69, 9.17) is 4.74 Å². The Labute approximate surface area is 193 Å². The molecule has 170 valence electrons. The zero-order chi connectivity index (χ0) is 20.7. The number of alkyl halides is 3. The number of guanidine groups is 1. The lowest BCUT2D eigenvalue weighted by Gasteiger charge is -2.27. The van der Waals surface area contributed by atoms with Crippen molar-refractivity contribution in [3.8, 4) is 0 Å². The van der Waals surface area contributed by atoms with Crippen LogP contribution in [0.4, 0.5) is 13.2 Å². The Kier molecular flexibility index (Phi) is 10.1. The minimum absolute atomic E-state index is 0.